The molecule has 6 heteroatoms. The number of ether oxygens (including phenoxy) is 1. The molecule has 6 nitrogen and oxygen atoms in total. The first-order valence-electron chi connectivity index (χ1n) is 7.92. The van der Waals surface area contributed by atoms with Gasteiger partial charge in [-0.05, 0) is 56.1 Å². The van der Waals surface area contributed by atoms with Gasteiger partial charge in [-0.15, -0.1) is 0 Å². The second-order valence-electron chi connectivity index (χ2n) is 5.95. The van der Waals surface area contributed by atoms with E-state index in [1.807, 2.05) is 37.2 Å². The Bertz CT molecular complexity index is 727. The van der Waals surface area contributed by atoms with Gasteiger partial charge in [0.15, 0.2) is 0 Å². The predicted octanol–water partition coefficient (Wildman–Crippen LogP) is 2.59. The molecule has 0 radical (unpaired) electrons. The summed E-state index contributed by atoms with van der Waals surface area (Å²) in [5.41, 5.74) is 2.99. The third kappa shape index (κ3) is 6.02. The zero-order chi connectivity index (χ0) is 18.2. The van der Waals surface area contributed by atoms with Gasteiger partial charge in [-0.2, -0.15) is 0 Å². The molecule has 0 unspecified atom stereocenters. The lowest BCUT2D eigenvalue weighted by Crippen LogP contribution is -2.17. The molecule has 0 atom stereocenters. The highest BCUT2D eigenvalue weighted by Crippen LogP contribution is 2.15. The molecule has 2 rings (SSSR count). The molecule has 0 saturated carbocycles. The molecule has 0 aromatic heterocycles. The molecule has 2 aromatic rings. The summed E-state index contributed by atoms with van der Waals surface area (Å²) in [5, 5.41) is 5.55. The van der Waals surface area contributed by atoms with Gasteiger partial charge >= 0.3 is 0 Å². The lowest BCUT2D eigenvalue weighted by Gasteiger charge is -2.11. The van der Waals surface area contributed by atoms with Gasteiger partial charge in [0.1, 0.15) is 6.61 Å². The van der Waals surface area contributed by atoms with E-state index < -0.39 is 0 Å². The van der Waals surface area contributed by atoms with Crippen LogP contribution < -0.4 is 10.6 Å². The minimum absolute atomic E-state index is 0.00176. The molecule has 0 spiro atoms. The van der Waals surface area contributed by atoms with Crippen molar-refractivity contribution in [2.24, 2.45) is 0 Å². The van der Waals surface area contributed by atoms with Crippen molar-refractivity contribution in [3.63, 3.8) is 0 Å². The fraction of sp³-hybridized carbons (Fsp3) is 0.263. The maximum atomic E-state index is 12.4. The first kappa shape index (κ1) is 18.6. The zero-order valence-corrected chi connectivity index (χ0v) is 14.7. The molecule has 2 aromatic carbocycles. The Kier molecular flexibility index (Phi) is 6.68. The Hall–Kier alpha value is -2.70. The van der Waals surface area contributed by atoms with Gasteiger partial charge in [-0.25, -0.2) is 0 Å². The topological polar surface area (TPSA) is 70.7 Å². The smallest absolute Gasteiger partial charge is 0.255 e. The van der Waals surface area contributed by atoms with Crippen molar-refractivity contribution >= 4 is 23.2 Å². The van der Waals surface area contributed by atoms with Gasteiger partial charge in [0.05, 0.1) is 0 Å². The molecule has 25 heavy (non-hydrogen) atoms. The molecule has 0 bridgehead atoms. The van der Waals surface area contributed by atoms with Crippen molar-refractivity contribution in [3.05, 3.63) is 59.7 Å². The van der Waals surface area contributed by atoms with Gasteiger partial charge in [0, 0.05) is 30.6 Å². The summed E-state index contributed by atoms with van der Waals surface area (Å²) in [6.07, 6.45) is 0. The van der Waals surface area contributed by atoms with Crippen LogP contribution >= 0.6 is 0 Å². The molecule has 132 valence electrons. The van der Waals surface area contributed by atoms with E-state index in [1.54, 1.807) is 30.3 Å². The maximum absolute atomic E-state index is 12.4. The molecule has 0 aliphatic heterocycles. The Labute approximate surface area is 147 Å². The Morgan fingerprint density at radius 1 is 1.00 bits per heavy atom. The van der Waals surface area contributed by atoms with Crippen molar-refractivity contribution in [1.29, 1.82) is 0 Å². The number of nitrogens with zero attached hydrogens (tertiary/aromatic N) is 1. The number of methoxy groups -OCH3 is 1. The zero-order valence-electron chi connectivity index (χ0n) is 14.7. The lowest BCUT2D eigenvalue weighted by molar-refractivity contribution is -0.119. The van der Waals surface area contributed by atoms with Gasteiger partial charge in [-0.1, -0.05) is 12.1 Å². The summed E-state index contributed by atoms with van der Waals surface area (Å²) in [7, 11) is 5.44. The molecule has 0 fully saturated rings. The highest BCUT2D eigenvalue weighted by molar-refractivity contribution is 6.04. The highest BCUT2D eigenvalue weighted by atomic mass is 16.5. The summed E-state index contributed by atoms with van der Waals surface area (Å²) in [6, 6.07) is 14.5. The summed E-state index contributed by atoms with van der Waals surface area (Å²) >= 11 is 0. The van der Waals surface area contributed by atoms with E-state index in [2.05, 4.69) is 10.6 Å². The van der Waals surface area contributed by atoms with E-state index in [9.17, 15) is 9.59 Å². The van der Waals surface area contributed by atoms with E-state index in [4.69, 9.17) is 4.74 Å². The van der Waals surface area contributed by atoms with Crippen LogP contribution in [0.5, 0.6) is 0 Å². The fourth-order valence-corrected chi connectivity index (χ4v) is 2.34. The number of rotatable bonds is 7. The van der Waals surface area contributed by atoms with Crippen LogP contribution in [0.2, 0.25) is 0 Å². The first-order chi connectivity index (χ1) is 12.0. The molecular weight excluding hydrogens is 318 g/mol. The molecule has 0 heterocycles. The second kappa shape index (κ2) is 8.96. The average Bonchev–Trinajstić information content (AvgIpc) is 2.56. The summed E-state index contributed by atoms with van der Waals surface area (Å²) in [6.45, 7) is 0.777. The normalized spacial score (nSPS) is 10.6. The molecule has 0 aliphatic rings. The summed E-state index contributed by atoms with van der Waals surface area (Å²) in [5.74, 6) is -0.395. The summed E-state index contributed by atoms with van der Waals surface area (Å²) in [4.78, 5) is 25.9. The van der Waals surface area contributed by atoms with Crippen molar-refractivity contribution in [2.45, 2.75) is 6.54 Å². The molecule has 0 saturated heterocycles. The van der Waals surface area contributed by atoms with Crippen LogP contribution in [0.25, 0.3) is 0 Å². The molecular formula is C19H23N3O3. The number of hydrogen-bond acceptors (Lipinski definition) is 4. The standard InChI is InChI=1S/C19H23N3O3/c1-22(2)12-14-5-4-6-15(11-14)19(24)21-17-9-7-16(8-10-17)20-18(23)13-25-3/h4-11H,12-13H2,1-3H3,(H,20,23)(H,21,24). The van der Waals surface area contributed by atoms with Crippen LogP contribution in [0.3, 0.4) is 0 Å². The summed E-state index contributed by atoms with van der Waals surface area (Å²) < 4.78 is 4.76. The van der Waals surface area contributed by atoms with Crippen molar-refractivity contribution in [3.8, 4) is 0 Å². The SMILES string of the molecule is COCC(=O)Nc1ccc(NC(=O)c2cccc(CN(C)C)c2)cc1. The Balaban J connectivity index is 1.99. The third-order valence-corrected chi connectivity index (χ3v) is 3.39. The fourth-order valence-electron chi connectivity index (χ4n) is 2.34. The number of nitrogens with one attached hydrogen (secondary N) is 2. The van der Waals surface area contributed by atoms with E-state index in [0.717, 1.165) is 12.1 Å². The number of anilines is 2. The van der Waals surface area contributed by atoms with Gasteiger partial charge in [0.25, 0.3) is 5.91 Å². The van der Waals surface area contributed by atoms with E-state index >= 15 is 0 Å². The van der Waals surface area contributed by atoms with Crippen molar-refractivity contribution in [2.75, 3.05) is 38.4 Å². The van der Waals surface area contributed by atoms with Gasteiger partial charge < -0.3 is 20.3 Å². The lowest BCUT2D eigenvalue weighted by atomic mass is 10.1. The minimum atomic E-state index is -0.225. The Morgan fingerprint density at radius 2 is 1.64 bits per heavy atom. The van der Waals surface area contributed by atoms with Crippen molar-refractivity contribution in [1.82, 2.24) is 4.90 Å². The quantitative estimate of drug-likeness (QED) is 0.812. The minimum Gasteiger partial charge on any atom is -0.375 e. The number of carbonyl (C=O) groups is 2. The van der Waals surface area contributed by atoms with Crippen LogP contribution in [0.4, 0.5) is 11.4 Å². The van der Waals surface area contributed by atoms with Crippen LogP contribution in [-0.4, -0.2) is 44.5 Å². The molecule has 2 amide bonds. The van der Waals surface area contributed by atoms with E-state index in [1.165, 1.54) is 7.11 Å². The molecule has 2 N–H and O–H groups in total. The van der Waals surface area contributed by atoms with Crippen LogP contribution in [0.15, 0.2) is 48.5 Å². The van der Waals surface area contributed by atoms with E-state index in [-0.39, 0.29) is 18.4 Å². The van der Waals surface area contributed by atoms with Crippen LogP contribution in [0.1, 0.15) is 15.9 Å². The van der Waals surface area contributed by atoms with Crippen LogP contribution in [0, 0.1) is 0 Å². The number of carbonyl (C=O) groups excluding carboxylic acids is 2. The van der Waals surface area contributed by atoms with Crippen molar-refractivity contribution < 1.29 is 14.3 Å². The van der Waals surface area contributed by atoms with E-state index in [0.29, 0.717) is 16.9 Å². The molecule has 0 aliphatic carbocycles. The maximum Gasteiger partial charge on any atom is 0.255 e. The first-order valence-corrected chi connectivity index (χ1v) is 7.92. The van der Waals surface area contributed by atoms with Crippen LogP contribution in [-0.2, 0) is 16.1 Å². The number of hydrogen-bond donors (Lipinski definition) is 2. The van der Waals surface area contributed by atoms with Gasteiger partial charge in [0.2, 0.25) is 5.91 Å². The average molecular weight is 341 g/mol. The highest BCUT2D eigenvalue weighted by Gasteiger charge is 2.08. The third-order valence-electron chi connectivity index (χ3n) is 3.39. The Morgan fingerprint density at radius 3 is 2.24 bits per heavy atom. The monoisotopic (exact) mass is 341 g/mol. The largest absolute Gasteiger partial charge is 0.375 e. The second-order valence-corrected chi connectivity index (χ2v) is 5.95. The van der Waals surface area contributed by atoms with Gasteiger partial charge in [-0.3, -0.25) is 9.59 Å². The predicted molar refractivity (Wildman–Crippen MR) is 98.7 cm³/mol. The number of benzene rings is 2. The number of amides is 2.